The van der Waals surface area contributed by atoms with Gasteiger partial charge in [-0.2, -0.15) is 10.2 Å². The van der Waals surface area contributed by atoms with Crippen LogP contribution in [0.4, 0.5) is 0 Å². The van der Waals surface area contributed by atoms with Crippen molar-refractivity contribution >= 4 is 5.65 Å². The van der Waals surface area contributed by atoms with E-state index in [2.05, 4.69) is 67.5 Å². The molecule has 0 spiro atoms. The number of aromatic nitrogens is 7. The van der Waals surface area contributed by atoms with E-state index in [1.165, 1.54) is 5.56 Å². The van der Waals surface area contributed by atoms with Gasteiger partial charge in [0.1, 0.15) is 11.5 Å². The highest BCUT2D eigenvalue weighted by molar-refractivity contribution is 5.82. The molecule has 5 heterocycles. The second-order valence-corrected chi connectivity index (χ2v) is 10.3. The molecule has 0 radical (unpaired) electrons. The maximum Gasteiger partial charge on any atom is 0.199 e. The van der Waals surface area contributed by atoms with Crippen LogP contribution in [0, 0.1) is 12.3 Å². The van der Waals surface area contributed by atoms with Crippen molar-refractivity contribution < 1.29 is 0 Å². The first-order chi connectivity index (χ1) is 20.2. The second-order valence-electron chi connectivity index (χ2n) is 10.3. The summed E-state index contributed by atoms with van der Waals surface area (Å²) in [6.07, 6.45) is 13.3. The lowest BCUT2D eigenvalue weighted by Crippen LogP contribution is -2.32. The van der Waals surface area contributed by atoms with Crippen molar-refractivity contribution in [3.8, 4) is 46.2 Å². The molecule has 8 heteroatoms. The van der Waals surface area contributed by atoms with Crippen molar-refractivity contribution in [2.45, 2.75) is 25.3 Å². The number of terminal acetylenes is 1. The minimum atomic E-state index is 0.382. The standard InChI is InChI=1S/C33H28N8/c1-2-24-20-35-41-22-28(25-8-4-3-5-9-25)30(36-33(24)41)26-13-11-23(12-14-26)21-40-18-15-27(16-19-40)31-37-32(39-38-31)29-10-6-7-17-34-29/h1,3-14,17,20,22,27H,15-16,18-19,21H2,(H,37,38,39). The van der Waals surface area contributed by atoms with Crippen molar-refractivity contribution in [3.63, 3.8) is 0 Å². The SMILES string of the molecule is C#Cc1cnn2cc(-c3ccccc3)c(-c3ccc(CN4CCC(c5nc(-c6ccccn6)n[nH]5)CC4)cc3)nc12. The number of hydrogen-bond acceptors (Lipinski definition) is 6. The van der Waals surface area contributed by atoms with Gasteiger partial charge in [0.05, 0.1) is 17.5 Å². The Labute approximate surface area is 238 Å². The normalized spacial score (nSPS) is 14.3. The largest absolute Gasteiger partial charge is 0.299 e. The zero-order chi connectivity index (χ0) is 27.6. The van der Waals surface area contributed by atoms with E-state index in [9.17, 15) is 0 Å². The molecule has 1 fully saturated rings. The molecule has 0 atom stereocenters. The molecule has 200 valence electrons. The van der Waals surface area contributed by atoms with Crippen LogP contribution in [0.15, 0.2) is 91.4 Å². The molecule has 1 aliphatic rings. The van der Waals surface area contributed by atoms with Crippen LogP contribution in [0.3, 0.4) is 0 Å². The molecule has 0 unspecified atom stereocenters. The fourth-order valence-corrected chi connectivity index (χ4v) is 5.52. The fourth-order valence-electron chi connectivity index (χ4n) is 5.52. The molecule has 1 N–H and O–H groups in total. The van der Waals surface area contributed by atoms with Gasteiger partial charge in [0, 0.05) is 36.0 Å². The summed E-state index contributed by atoms with van der Waals surface area (Å²) >= 11 is 0. The van der Waals surface area contributed by atoms with E-state index in [0.717, 1.165) is 66.4 Å². The average Bonchev–Trinajstić information content (AvgIpc) is 3.70. The Morgan fingerprint density at radius 3 is 2.46 bits per heavy atom. The van der Waals surface area contributed by atoms with E-state index in [4.69, 9.17) is 16.4 Å². The maximum absolute atomic E-state index is 5.72. The maximum atomic E-state index is 5.72. The van der Waals surface area contributed by atoms with Gasteiger partial charge in [-0.3, -0.25) is 15.0 Å². The second kappa shape index (κ2) is 10.8. The fraction of sp³-hybridized carbons (Fsp3) is 0.182. The van der Waals surface area contributed by atoms with Crippen LogP contribution in [0.25, 0.3) is 39.5 Å². The first kappa shape index (κ1) is 24.9. The van der Waals surface area contributed by atoms with Crippen LogP contribution in [0.2, 0.25) is 0 Å². The van der Waals surface area contributed by atoms with Crippen molar-refractivity contribution in [2.75, 3.05) is 13.1 Å². The number of pyridine rings is 1. The summed E-state index contributed by atoms with van der Waals surface area (Å²) in [6.45, 7) is 2.93. The van der Waals surface area contributed by atoms with Gasteiger partial charge in [0.25, 0.3) is 0 Å². The van der Waals surface area contributed by atoms with Gasteiger partial charge in [-0.05, 0) is 49.2 Å². The highest BCUT2D eigenvalue weighted by Crippen LogP contribution is 2.32. The van der Waals surface area contributed by atoms with Crippen molar-refractivity contribution in [1.29, 1.82) is 0 Å². The molecule has 8 nitrogen and oxygen atoms in total. The minimum Gasteiger partial charge on any atom is -0.299 e. The lowest BCUT2D eigenvalue weighted by Gasteiger charge is -2.31. The number of nitrogens with zero attached hydrogens (tertiary/aromatic N) is 7. The first-order valence-corrected chi connectivity index (χ1v) is 13.8. The van der Waals surface area contributed by atoms with E-state index in [1.807, 2.05) is 42.6 Å². The number of fused-ring (bicyclic) bond motifs is 1. The van der Waals surface area contributed by atoms with Gasteiger partial charge in [0.15, 0.2) is 11.5 Å². The van der Waals surface area contributed by atoms with E-state index in [1.54, 1.807) is 16.9 Å². The van der Waals surface area contributed by atoms with Gasteiger partial charge >= 0.3 is 0 Å². The van der Waals surface area contributed by atoms with Crippen LogP contribution in [0.1, 0.15) is 35.7 Å². The van der Waals surface area contributed by atoms with Crippen molar-refractivity contribution in [3.05, 3.63) is 108 Å². The molecule has 1 saturated heterocycles. The Hall–Kier alpha value is -5.13. The molecule has 0 aliphatic carbocycles. The first-order valence-electron chi connectivity index (χ1n) is 13.8. The number of rotatable bonds is 6. The molecule has 0 saturated carbocycles. The van der Waals surface area contributed by atoms with Crippen LogP contribution in [-0.4, -0.2) is 52.8 Å². The number of piperidine rings is 1. The van der Waals surface area contributed by atoms with E-state index < -0.39 is 0 Å². The van der Waals surface area contributed by atoms with E-state index in [0.29, 0.717) is 23.0 Å². The zero-order valence-electron chi connectivity index (χ0n) is 22.5. The Morgan fingerprint density at radius 1 is 0.902 bits per heavy atom. The summed E-state index contributed by atoms with van der Waals surface area (Å²) in [7, 11) is 0. The third-order valence-electron chi connectivity index (χ3n) is 7.74. The molecule has 6 aromatic rings. The highest BCUT2D eigenvalue weighted by Gasteiger charge is 2.24. The van der Waals surface area contributed by atoms with Crippen LogP contribution in [-0.2, 0) is 6.54 Å². The Bertz CT molecular complexity index is 1820. The summed E-state index contributed by atoms with van der Waals surface area (Å²) in [5.41, 5.74) is 7.48. The number of likely N-dealkylation sites (tertiary alicyclic amines) is 1. The predicted octanol–water partition coefficient (Wildman–Crippen LogP) is 5.60. The summed E-state index contributed by atoms with van der Waals surface area (Å²) in [5.74, 6) is 4.70. The number of aromatic amines is 1. The number of benzene rings is 2. The topological polar surface area (TPSA) is 87.9 Å². The molecular formula is C33H28N8. The van der Waals surface area contributed by atoms with Crippen LogP contribution in [0.5, 0.6) is 0 Å². The van der Waals surface area contributed by atoms with Gasteiger partial charge in [-0.1, -0.05) is 66.6 Å². The zero-order valence-corrected chi connectivity index (χ0v) is 22.5. The summed E-state index contributed by atoms with van der Waals surface area (Å²) in [6, 6.07) is 24.8. The van der Waals surface area contributed by atoms with Gasteiger partial charge in [0.2, 0.25) is 0 Å². The molecule has 2 aromatic carbocycles. The molecule has 0 bridgehead atoms. The highest BCUT2D eigenvalue weighted by atomic mass is 15.2. The quantitative estimate of drug-likeness (QED) is 0.279. The number of nitrogens with one attached hydrogen (secondary N) is 1. The molecule has 4 aromatic heterocycles. The lowest BCUT2D eigenvalue weighted by atomic mass is 9.95. The third kappa shape index (κ3) is 4.99. The third-order valence-corrected chi connectivity index (χ3v) is 7.74. The van der Waals surface area contributed by atoms with Crippen molar-refractivity contribution in [2.24, 2.45) is 0 Å². The summed E-state index contributed by atoms with van der Waals surface area (Å²) in [5, 5.41) is 12.0. The smallest absolute Gasteiger partial charge is 0.199 e. The molecular weight excluding hydrogens is 508 g/mol. The molecule has 7 rings (SSSR count). The molecule has 1 aliphatic heterocycles. The number of H-pyrrole nitrogens is 1. The minimum absolute atomic E-state index is 0.382. The summed E-state index contributed by atoms with van der Waals surface area (Å²) < 4.78 is 1.76. The average molecular weight is 537 g/mol. The Morgan fingerprint density at radius 2 is 1.71 bits per heavy atom. The lowest BCUT2D eigenvalue weighted by molar-refractivity contribution is 0.202. The molecule has 41 heavy (non-hydrogen) atoms. The van der Waals surface area contributed by atoms with Crippen LogP contribution < -0.4 is 0 Å². The van der Waals surface area contributed by atoms with Crippen LogP contribution >= 0.6 is 0 Å². The van der Waals surface area contributed by atoms with Gasteiger partial charge in [-0.15, -0.1) is 6.42 Å². The monoisotopic (exact) mass is 536 g/mol. The predicted molar refractivity (Wildman–Crippen MR) is 159 cm³/mol. The Kier molecular flexibility index (Phi) is 6.55. The Balaban J connectivity index is 1.06. The summed E-state index contributed by atoms with van der Waals surface area (Å²) in [4.78, 5) is 16.6. The molecule has 0 amide bonds. The van der Waals surface area contributed by atoms with E-state index >= 15 is 0 Å². The van der Waals surface area contributed by atoms with Gasteiger partial charge < -0.3 is 0 Å². The van der Waals surface area contributed by atoms with Crippen molar-refractivity contribution in [1.82, 2.24) is 39.7 Å². The van der Waals surface area contributed by atoms with E-state index in [-0.39, 0.29) is 0 Å². The number of hydrogen-bond donors (Lipinski definition) is 1. The van der Waals surface area contributed by atoms with Gasteiger partial charge in [-0.25, -0.2) is 14.5 Å².